The van der Waals surface area contributed by atoms with Gasteiger partial charge in [0, 0.05) is 11.8 Å². The molecule has 1 aromatic heterocycles. The van der Waals surface area contributed by atoms with Crippen molar-refractivity contribution in [3.63, 3.8) is 0 Å². The van der Waals surface area contributed by atoms with Gasteiger partial charge in [0.25, 0.3) is 0 Å². The van der Waals surface area contributed by atoms with Crippen molar-refractivity contribution in [1.29, 1.82) is 0 Å². The minimum atomic E-state index is -0.700. The maximum absolute atomic E-state index is 13.7. The maximum atomic E-state index is 13.7. The second-order valence-electron chi connectivity index (χ2n) is 3.51. The number of aromatic amines is 1. The number of hydrogen-bond acceptors (Lipinski definition) is 2. The van der Waals surface area contributed by atoms with Gasteiger partial charge in [-0.2, -0.15) is 0 Å². The van der Waals surface area contributed by atoms with Gasteiger partial charge in [0.05, 0.1) is 3.57 Å². The van der Waals surface area contributed by atoms with Gasteiger partial charge in [0.1, 0.15) is 6.67 Å². The zero-order valence-electron chi connectivity index (χ0n) is 8.93. The van der Waals surface area contributed by atoms with Gasteiger partial charge < -0.3 is 4.74 Å². The van der Waals surface area contributed by atoms with Gasteiger partial charge in [0.15, 0.2) is 11.6 Å². The molecule has 6 heteroatoms. The lowest BCUT2D eigenvalue weighted by Gasteiger charge is -2.07. The minimum absolute atomic E-state index is 0.0642. The summed E-state index contributed by atoms with van der Waals surface area (Å²) in [5.41, 5.74) is 1.10. The lowest BCUT2D eigenvalue weighted by Crippen LogP contribution is -1.94. The Labute approximate surface area is 110 Å². The van der Waals surface area contributed by atoms with Gasteiger partial charge in [0.2, 0.25) is 5.88 Å². The topological polar surface area (TPSA) is 37.9 Å². The molecule has 0 unspecified atom stereocenters. The average molecular weight is 350 g/mol. The van der Waals surface area contributed by atoms with Crippen LogP contribution < -0.4 is 4.74 Å². The normalized spacial score (nSPS) is 10.6. The number of H-pyrrole nitrogens is 1. The van der Waals surface area contributed by atoms with Crippen LogP contribution in [-0.4, -0.2) is 10.2 Å². The number of hydrogen-bond donors (Lipinski definition) is 1. The van der Waals surface area contributed by atoms with Crippen LogP contribution in [0.1, 0.15) is 11.3 Å². The highest BCUT2D eigenvalue weighted by Gasteiger charge is 2.13. The predicted octanol–water partition coefficient (Wildman–Crippen LogP) is 3.72. The summed E-state index contributed by atoms with van der Waals surface area (Å²) in [6.07, 6.45) is 0. The summed E-state index contributed by atoms with van der Waals surface area (Å²) in [7, 11) is 0. The number of rotatable bonds is 3. The summed E-state index contributed by atoms with van der Waals surface area (Å²) >= 11 is 1.90. The van der Waals surface area contributed by atoms with E-state index in [2.05, 4.69) is 10.2 Å². The lowest BCUT2D eigenvalue weighted by atomic mass is 10.2. The highest BCUT2D eigenvalue weighted by Crippen LogP contribution is 2.30. The Morgan fingerprint density at radius 2 is 2.18 bits per heavy atom. The molecule has 0 fully saturated rings. The third-order valence-electron chi connectivity index (χ3n) is 2.10. The summed E-state index contributed by atoms with van der Waals surface area (Å²) in [6.45, 7) is 1.11. The van der Waals surface area contributed by atoms with E-state index in [0.717, 1.165) is 11.8 Å². The Hall–Kier alpha value is -1.18. The van der Waals surface area contributed by atoms with E-state index in [1.807, 2.05) is 29.5 Å². The Morgan fingerprint density at radius 3 is 2.71 bits per heavy atom. The first-order chi connectivity index (χ1) is 8.10. The van der Waals surface area contributed by atoms with Gasteiger partial charge in [-0.25, -0.2) is 8.78 Å². The molecule has 1 heterocycles. The lowest BCUT2D eigenvalue weighted by molar-refractivity contribution is 0.420. The van der Waals surface area contributed by atoms with Crippen LogP contribution in [0.25, 0.3) is 0 Å². The first-order valence-electron chi connectivity index (χ1n) is 4.84. The van der Waals surface area contributed by atoms with Crippen LogP contribution in [0, 0.1) is 16.3 Å². The van der Waals surface area contributed by atoms with Crippen LogP contribution in [0.15, 0.2) is 18.2 Å². The molecule has 0 bridgehead atoms. The predicted molar refractivity (Wildman–Crippen MR) is 67.3 cm³/mol. The Balaban J connectivity index is 2.33. The Morgan fingerprint density at radius 1 is 1.41 bits per heavy atom. The molecule has 0 saturated heterocycles. The van der Waals surface area contributed by atoms with Crippen LogP contribution in [0.4, 0.5) is 8.78 Å². The molecule has 0 atom stereocenters. The molecule has 1 aromatic carbocycles. The molecule has 2 aromatic rings. The monoisotopic (exact) mass is 350 g/mol. The molecule has 0 spiro atoms. The molecule has 0 aliphatic carbocycles. The first-order valence-corrected chi connectivity index (χ1v) is 5.92. The number of halogens is 3. The van der Waals surface area contributed by atoms with Gasteiger partial charge in [-0.05, 0) is 47.2 Å². The summed E-state index contributed by atoms with van der Waals surface area (Å²) < 4.78 is 31.9. The molecule has 0 aliphatic heterocycles. The smallest absolute Gasteiger partial charge is 0.238 e. The molecule has 17 heavy (non-hydrogen) atoms. The summed E-state index contributed by atoms with van der Waals surface area (Å²) in [5.74, 6) is -0.244. The quantitative estimate of drug-likeness (QED) is 0.857. The van der Waals surface area contributed by atoms with Crippen molar-refractivity contribution in [3.05, 3.63) is 38.8 Å². The van der Waals surface area contributed by atoms with Crippen molar-refractivity contribution in [1.82, 2.24) is 10.2 Å². The SMILES string of the molecule is Cc1cc(Oc2c(F)cc(CF)cc2I)n[nH]1. The highest BCUT2D eigenvalue weighted by atomic mass is 127. The van der Waals surface area contributed by atoms with Crippen molar-refractivity contribution in [2.24, 2.45) is 0 Å². The number of alkyl halides is 1. The van der Waals surface area contributed by atoms with E-state index in [1.54, 1.807) is 12.1 Å². The van der Waals surface area contributed by atoms with Crippen molar-refractivity contribution < 1.29 is 13.5 Å². The number of aromatic nitrogens is 2. The number of ether oxygens (including phenoxy) is 1. The van der Waals surface area contributed by atoms with E-state index in [0.29, 0.717) is 3.57 Å². The van der Waals surface area contributed by atoms with E-state index in [4.69, 9.17) is 4.74 Å². The molecule has 90 valence electrons. The Kier molecular flexibility index (Phi) is 3.60. The number of benzene rings is 1. The van der Waals surface area contributed by atoms with Crippen LogP contribution in [0.5, 0.6) is 11.6 Å². The average Bonchev–Trinajstić information content (AvgIpc) is 2.69. The highest BCUT2D eigenvalue weighted by molar-refractivity contribution is 14.1. The van der Waals surface area contributed by atoms with E-state index < -0.39 is 12.5 Å². The summed E-state index contributed by atoms with van der Waals surface area (Å²) in [6, 6.07) is 4.31. The van der Waals surface area contributed by atoms with Crippen molar-refractivity contribution in [2.45, 2.75) is 13.6 Å². The molecule has 0 amide bonds. The zero-order chi connectivity index (χ0) is 12.4. The standard InChI is InChI=1S/C11H9F2IN2O/c1-6-2-10(16-15-6)17-11-8(13)3-7(5-12)4-9(11)14/h2-4H,5H2,1H3,(H,15,16). The fourth-order valence-electron chi connectivity index (χ4n) is 1.34. The van der Waals surface area contributed by atoms with Gasteiger partial charge in [-0.15, -0.1) is 5.10 Å². The van der Waals surface area contributed by atoms with Crippen molar-refractivity contribution >= 4 is 22.6 Å². The van der Waals surface area contributed by atoms with Gasteiger partial charge in [-0.3, -0.25) is 5.10 Å². The minimum Gasteiger partial charge on any atom is -0.433 e. The fraction of sp³-hybridized carbons (Fsp3) is 0.182. The summed E-state index contributed by atoms with van der Waals surface area (Å²) in [4.78, 5) is 0. The van der Waals surface area contributed by atoms with Crippen LogP contribution in [0.2, 0.25) is 0 Å². The molecule has 1 N–H and O–H groups in total. The van der Waals surface area contributed by atoms with E-state index >= 15 is 0 Å². The fourth-order valence-corrected chi connectivity index (χ4v) is 2.10. The van der Waals surface area contributed by atoms with Crippen LogP contribution in [0.3, 0.4) is 0 Å². The molecular weight excluding hydrogens is 341 g/mol. The number of aryl methyl sites for hydroxylation is 1. The van der Waals surface area contributed by atoms with E-state index in [-0.39, 0.29) is 17.2 Å². The number of nitrogens with one attached hydrogen (secondary N) is 1. The summed E-state index contributed by atoms with van der Waals surface area (Å²) in [5, 5.41) is 6.54. The molecular formula is C11H9F2IN2O. The van der Waals surface area contributed by atoms with Gasteiger partial charge in [-0.1, -0.05) is 0 Å². The molecule has 0 radical (unpaired) electrons. The van der Waals surface area contributed by atoms with E-state index in [1.165, 1.54) is 0 Å². The zero-order valence-corrected chi connectivity index (χ0v) is 11.1. The maximum Gasteiger partial charge on any atom is 0.238 e. The molecule has 0 aliphatic rings. The van der Waals surface area contributed by atoms with Crippen LogP contribution >= 0.6 is 22.6 Å². The molecule has 3 nitrogen and oxygen atoms in total. The third kappa shape index (κ3) is 2.74. The first kappa shape index (κ1) is 12.3. The van der Waals surface area contributed by atoms with Crippen molar-refractivity contribution in [2.75, 3.05) is 0 Å². The molecule has 2 rings (SSSR count). The number of nitrogens with zero attached hydrogens (tertiary/aromatic N) is 1. The van der Waals surface area contributed by atoms with Crippen LogP contribution in [-0.2, 0) is 6.67 Å². The Bertz CT molecular complexity index is 519. The largest absolute Gasteiger partial charge is 0.433 e. The van der Waals surface area contributed by atoms with Crippen molar-refractivity contribution in [3.8, 4) is 11.6 Å². The second-order valence-corrected chi connectivity index (χ2v) is 4.68. The second kappa shape index (κ2) is 4.99. The third-order valence-corrected chi connectivity index (χ3v) is 2.90. The van der Waals surface area contributed by atoms with E-state index in [9.17, 15) is 8.78 Å². The molecule has 0 saturated carbocycles. The van der Waals surface area contributed by atoms with Gasteiger partial charge >= 0.3 is 0 Å².